The quantitative estimate of drug-likeness (QED) is 0.812. The van der Waals surface area contributed by atoms with Crippen molar-refractivity contribution in [1.82, 2.24) is 0 Å². The van der Waals surface area contributed by atoms with Crippen LogP contribution in [0.15, 0.2) is 45.8 Å². The molecule has 3 N–H and O–H groups in total. The summed E-state index contributed by atoms with van der Waals surface area (Å²) < 4.78 is 40.6. The van der Waals surface area contributed by atoms with Crippen molar-refractivity contribution in [2.75, 3.05) is 10.5 Å². The fourth-order valence-corrected chi connectivity index (χ4v) is 3.17. The third kappa shape index (κ3) is 3.32. The van der Waals surface area contributed by atoms with Gasteiger partial charge >= 0.3 is 0 Å². The molecule has 8 heteroatoms. The number of halogens is 2. The van der Waals surface area contributed by atoms with E-state index in [2.05, 4.69) is 20.7 Å². The summed E-state index contributed by atoms with van der Waals surface area (Å²) in [5.74, 6) is -0.827. The molecule has 0 aromatic heterocycles. The van der Waals surface area contributed by atoms with Crippen molar-refractivity contribution in [3.05, 3.63) is 52.3 Å². The highest BCUT2D eigenvalue weighted by Crippen LogP contribution is 2.25. The summed E-state index contributed by atoms with van der Waals surface area (Å²) >= 11 is 3.13. The number of rotatable bonds is 3. The number of hydrogen-bond donors (Lipinski definition) is 2. The molecule has 0 unspecified atom stereocenters. The van der Waals surface area contributed by atoms with Crippen LogP contribution in [0.5, 0.6) is 0 Å². The van der Waals surface area contributed by atoms with Crippen LogP contribution in [0.1, 0.15) is 5.56 Å². The number of benzene rings is 2. The number of nitrogens with zero attached hydrogens (tertiary/aromatic N) is 1. The second-order valence-corrected chi connectivity index (χ2v) is 6.63. The van der Waals surface area contributed by atoms with Gasteiger partial charge in [0, 0.05) is 10.2 Å². The lowest BCUT2D eigenvalue weighted by molar-refractivity contribution is 0.598. The Morgan fingerprint density at radius 2 is 1.95 bits per heavy atom. The maximum atomic E-state index is 13.7. The topological polar surface area (TPSA) is 96.0 Å². The maximum absolute atomic E-state index is 13.7. The van der Waals surface area contributed by atoms with Crippen molar-refractivity contribution in [3.8, 4) is 6.07 Å². The van der Waals surface area contributed by atoms with Gasteiger partial charge in [0.2, 0.25) is 0 Å². The van der Waals surface area contributed by atoms with Gasteiger partial charge in [0.05, 0.1) is 22.2 Å². The average molecular weight is 370 g/mol. The van der Waals surface area contributed by atoms with E-state index in [1.807, 2.05) is 0 Å². The molecule has 2 rings (SSSR count). The predicted molar refractivity (Wildman–Crippen MR) is 80.5 cm³/mol. The van der Waals surface area contributed by atoms with Gasteiger partial charge in [-0.05, 0) is 52.3 Å². The van der Waals surface area contributed by atoms with Gasteiger partial charge in [0.1, 0.15) is 5.82 Å². The Bertz CT molecular complexity index is 847. The minimum atomic E-state index is -3.95. The SMILES string of the molecule is N#Cc1ccc(NS(=O)(=O)c2ccc(N)c(Br)c2)c(F)c1. The fraction of sp³-hybridized carbons (Fsp3) is 0. The Kier molecular flexibility index (Phi) is 4.16. The second kappa shape index (κ2) is 5.71. The lowest BCUT2D eigenvalue weighted by Crippen LogP contribution is -2.14. The number of nitrogens with one attached hydrogen (secondary N) is 1. The average Bonchev–Trinajstić information content (AvgIpc) is 2.43. The maximum Gasteiger partial charge on any atom is 0.262 e. The molecule has 21 heavy (non-hydrogen) atoms. The molecule has 0 amide bonds. The molecule has 0 saturated heterocycles. The van der Waals surface area contributed by atoms with Crippen LogP contribution in [0.4, 0.5) is 15.8 Å². The molecule has 0 saturated carbocycles. The Labute approximate surface area is 129 Å². The van der Waals surface area contributed by atoms with Crippen molar-refractivity contribution < 1.29 is 12.8 Å². The van der Waals surface area contributed by atoms with Gasteiger partial charge in [-0.25, -0.2) is 12.8 Å². The molecule has 0 aliphatic carbocycles. The number of nitriles is 1. The Hall–Kier alpha value is -2.11. The normalized spacial score (nSPS) is 10.9. The van der Waals surface area contributed by atoms with Gasteiger partial charge in [-0.15, -0.1) is 0 Å². The van der Waals surface area contributed by atoms with Gasteiger partial charge in [-0.3, -0.25) is 4.72 Å². The van der Waals surface area contributed by atoms with E-state index in [9.17, 15) is 12.8 Å². The van der Waals surface area contributed by atoms with Crippen LogP contribution in [0.2, 0.25) is 0 Å². The van der Waals surface area contributed by atoms with Gasteiger partial charge < -0.3 is 5.73 Å². The van der Waals surface area contributed by atoms with E-state index in [0.717, 1.165) is 6.07 Å². The van der Waals surface area contributed by atoms with Crippen LogP contribution in [0.25, 0.3) is 0 Å². The van der Waals surface area contributed by atoms with Crippen molar-refractivity contribution in [2.24, 2.45) is 0 Å². The van der Waals surface area contributed by atoms with Gasteiger partial charge in [0.25, 0.3) is 10.0 Å². The minimum Gasteiger partial charge on any atom is -0.398 e. The molecule has 0 atom stereocenters. The highest BCUT2D eigenvalue weighted by atomic mass is 79.9. The summed E-state index contributed by atoms with van der Waals surface area (Å²) in [6.07, 6.45) is 0. The van der Waals surface area contributed by atoms with Crippen molar-refractivity contribution in [2.45, 2.75) is 4.90 Å². The molecule has 0 fully saturated rings. The largest absolute Gasteiger partial charge is 0.398 e. The van der Waals surface area contributed by atoms with Crippen LogP contribution in [0, 0.1) is 17.1 Å². The molecule has 0 heterocycles. The van der Waals surface area contributed by atoms with Crippen molar-refractivity contribution in [1.29, 1.82) is 5.26 Å². The first-order valence-corrected chi connectivity index (χ1v) is 7.88. The molecule has 2 aromatic carbocycles. The van der Waals surface area contributed by atoms with Gasteiger partial charge in [0.15, 0.2) is 0 Å². The molecular formula is C13H9BrFN3O2S. The summed E-state index contributed by atoms with van der Waals surface area (Å²) in [6.45, 7) is 0. The Balaban J connectivity index is 2.37. The number of nitrogens with two attached hydrogens (primary N) is 1. The van der Waals surface area contributed by atoms with Crippen molar-refractivity contribution >= 4 is 37.3 Å². The van der Waals surface area contributed by atoms with E-state index in [1.165, 1.54) is 30.3 Å². The molecule has 2 aromatic rings. The van der Waals surface area contributed by atoms with E-state index in [1.54, 1.807) is 6.07 Å². The standard InChI is InChI=1S/C13H9BrFN3O2S/c14-10-6-9(2-3-12(10)17)21(19,20)18-13-4-1-8(7-16)5-11(13)15/h1-6,18H,17H2. The third-order valence-corrected chi connectivity index (χ3v) is 4.67. The van der Waals surface area contributed by atoms with E-state index in [-0.39, 0.29) is 16.1 Å². The third-order valence-electron chi connectivity index (χ3n) is 2.62. The molecule has 0 radical (unpaired) electrons. The lowest BCUT2D eigenvalue weighted by atomic mass is 10.2. The first kappa shape index (κ1) is 15.3. The highest BCUT2D eigenvalue weighted by molar-refractivity contribution is 9.10. The summed E-state index contributed by atoms with van der Waals surface area (Å²) in [6, 6.07) is 9.29. The molecule has 0 aliphatic heterocycles. The van der Waals surface area contributed by atoms with E-state index in [4.69, 9.17) is 11.0 Å². The summed E-state index contributed by atoms with van der Waals surface area (Å²) in [5.41, 5.74) is 5.84. The summed E-state index contributed by atoms with van der Waals surface area (Å²) in [4.78, 5) is -0.0627. The molecule has 5 nitrogen and oxygen atoms in total. The summed E-state index contributed by atoms with van der Waals surface area (Å²) in [5, 5.41) is 8.65. The van der Waals surface area contributed by atoms with Gasteiger partial charge in [-0.1, -0.05) is 0 Å². The monoisotopic (exact) mass is 369 g/mol. The molecule has 0 aliphatic rings. The minimum absolute atomic E-state index is 0.0627. The lowest BCUT2D eigenvalue weighted by Gasteiger charge is -2.10. The smallest absolute Gasteiger partial charge is 0.262 e. The Morgan fingerprint density at radius 3 is 2.52 bits per heavy atom. The zero-order valence-electron chi connectivity index (χ0n) is 10.5. The summed E-state index contributed by atoms with van der Waals surface area (Å²) in [7, 11) is -3.95. The number of sulfonamides is 1. The fourth-order valence-electron chi connectivity index (χ4n) is 1.55. The van der Waals surface area contributed by atoms with Crippen LogP contribution in [0.3, 0.4) is 0 Å². The van der Waals surface area contributed by atoms with E-state index < -0.39 is 15.8 Å². The van der Waals surface area contributed by atoms with E-state index in [0.29, 0.717) is 10.2 Å². The predicted octanol–water partition coefficient (Wildman–Crippen LogP) is 2.84. The molecule has 0 spiro atoms. The zero-order chi connectivity index (χ0) is 15.6. The zero-order valence-corrected chi connectivity index (χ0v) is 12.9. The van der Waals surface area contributed by atoms with Crippen molar-refractivity contribution in [3.63, 3.8) is 0 Å². The van der Waals surface area contributed by atoms with Crippen LogP contribution < -0.4 is 10.5 Å². The Morgan fingerprint density at radius 1 is 1.24 bits per heavy atom. The van der Waals surface area contributed by atoms with Crippen LogP contribution >= 0.6 is 15.9 Å². The number of nitrogen functional groups attached to an aromatic ring is 1. The first-order valence-electron chi connectivity index (χ1n) is 5.61. The number of anilines is 2. The van der Waals surface area contributed by atoms with E-state index >= 15 is 0 Å². The van der Waals surface area contributed by atoms with Gasteiger partial charge in [-0.2, -0.15) is 5.26 Å². The number of hydrogen-bond acceptors (Lipinski definition) is 4. The van der Waals surface area contributed by atoms with Crippen LogP contribution in [-0.4, -0.2) is 8.42 Å². The first-order chi connectivity index (χ1) is 9.83. The highest BCUT2D eigenvalue weighted by Gasteiger charge is 2.17. The van der Waals surface area contributed by atoms with Crippen LogP contribution in [-0.2, 0) is 10.0 Å². The molecule has 0 bridgehead atoms. The molecular weight excluding hydrogens is 361 g/mol. The molecule has 108 valence electrons. The second-order valence-electron chi connectivity index (χ2n) is 4.10.